The summed E-state index contributed by atoms with van der Waals surface area (Å²) in [5.41, 5.74) is -0.0473. The average molecular weight is 157 g/mol. The maximum Gasteiger partial charge on any atom is 0.212 e. The van der Waals surface area contributed by atoms with Crippen LogP contribution in [0, 0.1) is 5.82 Å². The van der Waals surface area contributed by atoms with Crippen LogP contribution in [0.2, 0.25) is 0 Å². The number of pyridine rings is 1. The van der Waals surface area contributed by atoms with Gasteiger partial charge in [0.2, 0.25) is 5.78 Å². The summed E-state index contributed by atoms with van der Waals surface area (Å²) in [6.45, 7) is -1.10. The Balaban J connectivity index is 2.90. The molecule has 0 saturated heterocycles. The molecule has 0 atom stereocenters. The van der Waals surface area contributed by atoms with E-state index >= 15 is 0 Å². The molecule has 2 nitrogen and oxygen atoms in total. The molecule has 0 aliphatic heterocycles. The zero-order chi connectivity index (χ0) is 8.27. The third-order valence-corrected chi connectivity index (χ3v) is 1.13. The molecule has 0 fully saturated rings. The Hall–Kier alpha value is -1.32. The minimum absolute atomic E-state index is 0.0473. The van der Waals surface area contributed by atoms with Crippen LogP contribution in [0.5, 0.6) is 0 Å². The van der Waals surface area contributed by atoms with E-state index in [2.05, 4.69) is 4.98 Å². The Bertz CT molecular complexity index is 258. The molecule has 1 aromatic rings. The molecule has 11 heavy (non-hydrogen) atoms. The van der Waals surface area contributed by atoms with Gasteiger partial charge >= 0.3 is 0 Å². The lowest BCUT2D eigenvalue weighted by Crippen LogP contribution is -2.03. The van der Waals surface area contributed by atoms with Crippen molar-refractivity contribution in [1.29, 1.82) is 0 Å². The Morgan fingerprint density at radius 3 is 2.73 bits per heavy atom. The molecular weight excluding hydrogens is 152 g/mol. The van der Waals surface area contributed by atoms with Gasteiger partial charge in [0.15, 0.2) is 6.67 Å². The summed E-state index contributed by atoms with van der Waals surface area (Å²) in [5.74, 6) is -1.27. The molecule has 0 aliphatic carbocycles. The zero-order valence-electron chi connectivity index (χ0n) is 5.55. The van der Waals surface area contributed by atoms with E-state index in [0.717, 1.165) is 18.3 Å². The SMILES string of the molecule is O=C(CF)c1ccc(F)cn1. The van der Waals surface area contributed by atoms with Crippen molar-refractivity contribution >= 4 is 5.78 Å². The van der Waals surface area contributed by atoms with Crippen molar-refractivity contribution in [2.75, 3.05) is 6.67 Å². The highest BCUT2D eigenvalue weighted by Gasteiger charge is 2.05. The van der Waals surface area contributed by atoms with Crippen LogP contribution in [0.3, 0.4) is 0 Å². The molecule has 58 valence electrons. The number of rotatable bonds is 2. The normalized spacial score (nSPS) is 9.64. The minimum atomic E-state index is -1.10. The van der Waals surface area contributed by atoms with E-state index in [9.17, 15) is 13.6 Å². The Labute approximate surface area is 61.9 Å². The first-order valence-corrected chi connectivity index (χ1v) is 2.95. The number of Topliss-reactive ketones (excluding diaryl/α,β-unsaturated/α-hetero) is 1. The Morgan fingerprint density at radius 2 is 2.27 bits per heavy atom. The van der Waals surface area contributed by atoms with Crippen molar-refractivity contribution in [2.24, 2.45) is 0 Å². The lowest BCUT2D eigenvalue weighted by atomic mass is 10.3. The van der Waals surface area contributed by atoms with Gasteiger partial charge in [0.1, 0.15) is 11.5 Å². The van der Waals surface area contributed by atoms with E-state index in [-0.39, 0.29) is 5.69 Å². The standard InChI is InChI=1S/C7H5F2NO/c8-3-7(11)6-2-1-5(9)4-10-6/h1-2,4H,3H2. The van der Waals surface area contributed by atoms with Crippen LogP contribution in [0.4, 0.5) is 8.78 Å². The molecule has 0 N–H and O–H groups in total. The second-order valence-electron chi connectivity index (χ2n) is 1.92. The van der Waals surface area contributed by atoms with Gasteiger partial charge in [0.25, 0.3) is 0 Å². The summed E-state index contributed by atoms with van der Waals surface area (Å²) in [4.78, 5) is 13.9. The number of hydrogen-bond acceptors (Lipinski definition) is 2. The van der Waals surface area contributed by atoms with E-state index in [1.165, 1.54) is 0 Å². The number of alkyl halides is 1. The number of carbonyl (C=O) groups is 1. The Kier molecular flexibility index (Phi) is 2.25. The highest BCUT2D eigenvalue weighted by Crippen LogP contribution is 1.99. The van der Waals surface area contributed by atoms with E-state index < -0.39 is 18.3 Å². The number of ketones is 1. The predicted octanol–water partition coefficient (Wildman–Crippen LogP) is 1.37. The molecule has 0 saturated carbocycles. The second-order valence-corrected chi connectivity index (χ2v) is 1.92. The van der Waals surface area contributed by atoms with Crippen LogP contribution in [0.1, 0.15) is 10.5 Å². The van der Waals surface area contributed by atoms with Crippen molar-refractivity contribution in [3.8, 4) is 0 Å². The number of halogens is 2. The van der Waals surface area contributed by atoms with Crippen molar-refractivity contribution in [3.05, 3.63) is 29.8 Å². The highest BCUT2D eigenvalue weighted by atomic mass is 19.1. The molecule has 4 heteroatoms. The monoisotopic (exact) mass is 157 g/mol. The first-order chi connectivity index (χ1) is 5.24. The van der Waals surface area contributed by atoms with Gasteiger partial charge in [-0.3, -0.25) is 4.79 Å². The first kappa shape index (κ1) is 7.78. The fourth-order valence-corrected chi connectivity index (χ4v) is 0.609. The molecule has 1 aromatic heterocycles. The topological polar surface area (TPSA) is 30.0 Å². The second kappa shape index (κ2) is 3.18. The molecule has 0 aromatic carbocycles. The van der Waals surface area contributed by atoms with E-state index in [4.69, 9.17) is 0 Å². The molecule has 0 amide bonds. The van der Waals surface area contributed by atoms with Crippen LogP contribution in [0.25, 0.3) is 0 Å². The summed E-state index contributed by atoms with van der Waals surface area (Å²) in [5, 5.41) is 0. The fraction of sp³-hybridized carbons (Fsp3) is 0.143. The summed E-state index contributed by atoms with van der Waals surface area (Å²) in [6, 6.07) is 2.22. The first-order valence-electron chi connectivity index (χ1n) is 2.95. The van der Waals surface area contributed by atoms with Crippen LogP contribution in [-0.4, -0.2) is 17.4 Å². The maximum atomic E-state index is 12.2. The lowest BCUT2D eigenvalue weighted by Gasteiger charge is -1.92. The highest BCUT2D eigenvalue weighted by molar-refractivity contribution is 5.95. The number of hydrogen-bond donors (Lipinski definition) is 0. The van der Waals surface area contributed by atoms with Crippen LogP contribution in [0.15, 0.2) is 18.3 Å². The zero-order valence-corrected chi connectivity index (χ0v) is 5.55. The van der Waals surface area contributed by atoms with Gasteiger partial charge in [0.05, 0.1) is 6.20 Å². The van der Waals surface area contributed by atoms with E-state index in [0.29, 0.717) is 0 Å². The van der Waals surface area contributed by atoms with Gasteiger partial charge in [-0.2, -0.15) is 0 Å². The van der Waals surface area contributed by atoms with Crippen molar-refractivity contribution in [3.63, 3.8) is 0 Å². The average Bonchev–Trinajstić information content (AvgIpc) is 2.05. The number of carbonyl (C=O) groups excluding carboxylic acids is 1. The lowest BCUT2D eigenvalue weighted by molar-refractivity contribution is 0.0953. The Morgan fingerprint density at radius 1 is 1.55 bits per heavy atom. The van der Waals surface area contributed by atoms with Crippen molar-refractivity contribution < 1.29 is 13.6 Å². The molecule has 1 rings (SSSR count). The van der Waals surface area contributed by atoms with Crippen LogP contribution >= 0.6 is 0 Å². The van der Waals surface area contributed by atoms with Crippen LogP contribution < -0.4 is 0 Å². The smallest absolute Gasteiger partial charge is 0.212 e. The van der Waals surface area contributed by atoms with Crippen molar-refractivity contribution in [1.82, 2.24) is 4.98 Å². The summed E-state index contributed by atoms with van der Waals surface area (Å²) >= 11 is 0. The quantitative estimate of drug-likeness (QED) is 0.607. The summed E-state index contributed by atoms with van der Waals surface area (Å²) in [6.07, 6.45) is 0.878. The fourth-order valence-electron chi connectivity index (χ4n) is 0.609. The van der Waals surface area contributed by atoms with Crippen LogP contribution in [-0.2, 0) is 0 Å². The van der Waals surface area contributed by atoms with Gasteiger partial charge < -0.3 is 0 Å². The number of aromatic nitrogens is 1. The third kappa shape index (κ3) is 1.80. The molecule has 0 spiro atoms. The maximum absolute atomic E-state index is 12.2. The van der Waals surface area contributed by atoms with Gasteiger partial charge in [-0.15, -0.1) is 0 Å². The van der Waals surface area contributed by atoms with E-state index in [1.807, 2.05) is 0 Å². The van der Waals surface area contributed by atoms with Gasteiger partial charge in [-0.1, -0.05) is 0 Å². The van der Waals surface area contributed by atoms with E-state index in [1.54, 1.807) is 0 Å². The molecule has 0 radical (unpaired) electrons. The molecule has 0 bridgehead atoms. The van der Waals surface area contributed by atoms with Gasteiger partial charge in [-0.25, -0.2) is 13.8 Å². The minimum Gasteiger partial charge on any atom is -0.289 e. The van der Waals surface area contributed by atoms with Gasteiger partial charge in [-0.05, 0) is 12.1 Å². The molecular formula is C7H5F2NO. The number of nitrogens with zero attached hydrogens (tertiary/aromatic N) is 1. The van der Waals surface area contributed by atoms with Gasteiger partial charge in [0, 0.05) is 0 Å². The van der Waals surface area contributed by atoms with Crippen molar-refractivity contribution in [2.45, 2.75) is 0 Å². The predicted molar refractivity (Wildman–Crippen MR) is 34.5 cm³/mol. The molecule has 0 unspecified atom stereocenters. The summed E-state index contributed by atoms with van der Waals surface area (Å²) in [7, 11) is 0. The largest absolute Gasteiger partial charge is 0.289 e. The third-order valence-electron chi connectivity index (χ3n) is 1.13. The summed E-state index contributed by atoms with van der Waals surface area (Å²) < 4.78 is 23.9. The molecule has 1 heterocycles. The molecule has 0 aliphatic rings.